The highest BCUT2D eigenvalue weighted by atomic mass is 15.1. The first-order chi connectivity index (χ1) is 14.9. The molecule has 0 amide bonds. The monoisotopic (exact) mass is 384 g/mol. The standard InChI is InChI=1S/C26H16N4/c1-3-9-18-16(7-1)17-8-2-4-10-19(17)23(18)22-15-29-26-24-20(11-5-13-27-24)21-12-6-14-28-25(21)30(22)26/h1-15,23H. The summed E-state index contributed by atoms with van der Waals surface area (Å²) in [5.74, 6) is 0.110. The normalized spacial score (nSPS) is 13.2. The number of nitrogens with zero attached hydrogens (tertiary/aromatic N) is 4. The molecule has 0 saturated carbocycles. The fraction of sp³-hybridized carbons (Fsp3) is 0.0385. The van der Waals surface area contributed by atoms with Crippen LogP contribution in [-0.2, 0) is 0 Å². The largest absolute Gasteiger partial charge is 0.278 e. The van der Waals surface area contributed by atoms with E-state index in [-0.39, 0.29) is 5.92 Å². The van der Waals surface area contributed by atoms with Crippen LogP contribution in [0, 0.1) is 0 Å². The molecule has 6 aromatic rings. The Hall–Kier alpha value is -4.05. The van der Waals surface area contributed by atoms with E-state index in [4.69, 9.17) is 9.97 Å². The molecule has 0 spiro atoms. The third-order valence-corrected chi connectivity index (χ3v) is 6.23. The molecule has 140 valence electrons. The van der Waals surface area contributed by atoms with Crippen molar-refractivity contribution < 1.29 is 0 Å². The van der Waals surface area contributed by atoms with Crippen LogP contribution in [0.25, 0.3) is 38.7 Å². The molecule has 0 aliphatic heterocycles. The number of imidazole rings is 1. The third kappa shape index (κ3) is 1.93. The van der Waals surface area contributed by atoms with Gasteiger partial charge in [-0.1, -0.05) is 54.6 Å². The Morgan fingerprint density at radius 2 is 1.27 bits per heavy atom. The summed E-state index contributed by atoms with van der Waals surface area (Å²) < 4.78 is 2.20. The first-order valence-electron chi connectivity index (χ1n) is 10.1. The Morgan fingerprint density at radius 3 is 2.03 bits per heavy atom. The fourth-order valence-corrected chi connectivity index (χ4v) is 5.02. The van der Waals surface area contributed by atoms with Gasteiger partial charge in [-0.15, -0.1) is 0 Å². The zero-order valence-electron chi connectivity index (χ0n) is 16.0. The second-order valence-electron chi connectivity index (χ2n) is 7.72. The van der Waals surface area contributed by atoms with Crippen LogP contribution in [0.3, 0.4) is 0 Å². The van der Waals surface area contributed by atoms with Crippen molar-refractivity contribution in [3.8, 4) is 11.1 Å². The minimum Gasteiger partial charge on any atom is -0.278 e. The average molecular weight is 384 g/mol. The number of aromatic nitrogens is 4. The van der Waals surface area contributed by atoms with Crippen LogP contribution in [-0.4, -0.2) is 19.4 Å². The molecule has 30 heavy (non-hydrogen) atoms. The van der Waals surface area contributed by atoms with Crippen molar-refractivity contribution in [2.45, 2.75) is 5.92 Å². The van der Waals surface area contributed by atoms with Crippen LogP contribution in [0.15, 0.2) is 91.4 Å². The minimum atomic E-state index is 0.110. The second-order valence-corrected chi connectivity index (χ2v) is 7.72. The highest BCUT2D eigenvalue weighted by Crippen LogP contribution is 2.48. The Labute approximate surface area is 172 Å². The molecule has 4 heteroatoms. The SMILES string of the molecule is c1ccc2c(c1)-c1ccccc1C2c1cnc2c3ncccc3c3cccnc3n12. The van der Waals surface area contributed by atoms with Gasteiger partial charge in [0.2, 0.25) is 0 Å². The van der Waals surface area contributed by atoms with E-state index in [1.54, 1.807) is 0 Å². The number of fused-ring (bicyclic) bond motifs is 9. The lowest BCUT2D eigenvalue weighted by atomic mass is 9.94. The number of hydrogen-bond donors (Lipinski definition) is 0. The third-order valence-electron chi connectivity index (χ3n) is 6.23. The van der Waals surface area contributed by atoms with E-state index >= 15 is 0 Å². The zero-order chi connectivity index (χ0) is 19.7. The Balaban J connectivity index is 1.65. The fourth-order valence-electron chi connectivity index (χ4n) is 5.02. The molecule has 1 aliphatic carbocycles. The Morgan fingerprint density at radius 1 is 0.600 bits per heavy atom. The van der Waals surface area contributed by atoms with Gasteiger partial charge in [-0.05, 0) is 40.5 Å². The van der Waals surface area contributed by atoms with Crippen LogP contribution in [0.1, 0.15) is 22.7 Å². The number of benzene rings is 2. The maximum atomic E-state index is 4.85. The van der Waals surface area contributed by atoms with Gasteiger partial charge in [0.15, 0.2) is 5.65 Å². The van der Waals surface area contributed by atoms with Crippen LogP contribution >= 0.6 is 0 Å². The molecule has 2 aromatic carbocycles. The van der Waals surface area contributed by atoms with Gasteiger partial charge in [-0.25, -0.2) is 9.97 Å². The van der Waals surface area contributed by atoms with Gasteiger partial charge in [-0.3, -0.25) is 9.38 Å². The van der Waals surface area contributed by atoms with Gasteiger partial charge in [-0.2, -0.15) is 0 Å². The van der Waals surface area contributed by atoms with Crippen molar-refractivity contribution in [3.05, 3.63) is 108 Å². The molecule has 0 saturated heterocycles. The van der Waals surface area contributed by atoms with Crippen LogP contribution < -0.4 is 0 Å². The molecule has 7 rings (SSSR count). The van der Waals surface area contributed by atoms with E-state index in [0.29, 0.717) is 0 Å². The molecule has 0 bridgehead atoms. The lowest BCUT2D eigenvalue weighted by Crippen LogP contribution is -2.05. The van der Waals surface area contributed by atoms with Crippen molar-refractivity contribution in [3.63, 3.8) is 0 Å². The molecule has 4 nitrogen and oxygen atoms in total. The van der Waals surface area contributed by atoms with Crippen molar-refractivity contribution >= 4 is 27.6 Å². The highest BCUT2D eigenvalue weighted by molar-refractivity contribution is 6.09. The van der Waals surface area contributed by atoms with Crippen molar-refractivity contribution in [1.82, 2.24) is 19.4 Å². The van der Waals surface area contributed by atoms with E-state index in [0.717, 1.165) is 33.3 Å². The van der Waals surface area contributed by atoms with E-state index < -0.39 is 0 Å². The van der Waals surface area contributed by atoms with Gasteiger partial charge in [0.25, 0.3) is 0 Å². The minimum absolute atomic E-state index is 0.110. The maximum Gasteiger partial charge on any atom is 0.165 e. The summed E-state index contributed by atoms with van der Waals surface area (Å²) in [4.78, 5) is 14.3. The van der Waals surface area contributed by atoms with Gasteiger partial charge in [0, 0.05) is 23.2 Å². The molecule has 4 aromatic heterocycles. The topological polar surface area (TPSA) is 43.1 Å². The van der Waals surface area contributed by atoms with Crippen molar-refractivity contribution in [2.24, 2.45) is 0 Å². The molecule has 0 fully saturated rings. The van der Waals surface area contributed by atoms with E-state index in [1.807, 2.05) is 30.7 Å². The average Bonchev–Trinajstić information content (AvgIpc) is 3.39. The zero-order valence-corrected chi connectivity index (χ0v) is 16.0. The number of rotatable bonds is 1. The molecule has 0 unspecified atom stereocenters. The molecular formula is C26H16N4. The summed E-state index contributed by atoms with van der Waals surface area (Å²) >= 11 is 0. The van der Waals surface area contributed by atoms with E-state index in [2.05, 4.69) is 70.0 Å². The summed E-state index contributed by atoms with van der Waals surface area (Å²) in [6, 6.07) is 25.5. The van der Waals surface area contributed by atoms with Crippen LogP contribution in [0.4, 0.5) is 0 Å². The number of hydrogen-bond acceptors (Lipinski definition) is 3. The van der Waals surface area contributed by atoms with Crippen molar-refractivity contribution in [1.29, 1.82) is 0 Å². The summed E-state index contributed by atoms with van der Waals surface area (Å²) in [5, 5.41) is 2.17. The lowest BCUT2D eigenvalue weighted by Gasteiger charge is -2.15. The second kappa shape index (κ2) is 5.74. The first kappa shape index (κ1) is 15.8. The quantitative estimate of drug-likeness (QED) is 0.347. The highest BCUT2D eigenvalue weighted by Gasteiger charge is 2.32. The van der Waals surface area contributed by atoms with Crippen LogP contribution in [0.2, 0.25) is 0 Å². The molecule has 0 N–H and O–H groups in total. The predicted molar refractivity (Wildman–Crippen MR) is 119 cm³/mol. The summed E-state index contributed by atoms with van der Waals surface area (Å²) in [7, 11) is 0. The predicted octanol–water partition coefficient (Wildman–Crippen LogP) is 5.59. The molecule has 1 aliphatic rings. The molecule has 0 radical (unpaired) electrons. The first-order valence-corrected chi connectivity index (χ1v) is 10.1. The van der Waals surface area contributed by atoms with Gasteiger partial charge < -0.3 is 0 Å². The summed E-state index contributed by atoms with van der Waals surface area (Å²) in [6.45, 7) is 0. The Bertz CT molecular complexity index is 1570. The smallest absolute Gasteiger partial charge is 0.165 e. The van der Waals surface area contributed by atoms with Gasteiger partial charge in [0.1, 0.15) is 11.2 Å². The van der Waals surface area contributed by atoms with E-state index in [9.17, 15) is 0 Å². The van der Waals surface area contributed by atoms with Gasteiger partial charge in [0.05, 0.1) is 17.8 Å². The van der Waals surface area contributed by atoms with E-state index in [1.165, 1.54) is 22.3 Å². The molecule has 0 atom stereocenters. The molecular weight excluding hydrogens is 368 g/mol. The lowest BCUT2D eigenvalue weighted by molar-refractivity contribution is 0.931. The number of pyridine rings is 3. The van der Waals surface area contributed by atoms with Crippen LogP contribution in [0.5, 0.6) is 0 Å². The Kier molecular flexibility index (Phi) is 3.03. The summed E-state index contributed by atoms with van der Waals surface area (Å²) in [6.07, 6.45) is 5.68. The van der Waals surface area contributed by atoms with Crippen molar-refractivity contribution in [2.75, 3.05) is 0 Å². The van der Waals surface area contributed by atoms with Gasteiger partial charge >= 0.3 is 0 Å². The summed E-state index contributed by atoms with van der Waals surface area (Å²) in [5.41, 5.74) is 9.02. The molecule has 4 heterocycles. The maximum absolute atomic E-state index is 4.85.